The third kappa shape index (κ3) is 3.32. The molecule has 1 aliphatic heterocycles. The largest absolute Gasteiger partial charge is 0.391 e. The van der Waals surface area contributed by atoms with Gasteiger partial charge >= 0.3 is 0 Å². The average molecular weight is 494 g/mol. The number of piperidine rings is 1. The number of halogens is 2. The molecule has 0 radical (unpaired) electrons. The minimum atomic E-state index is -0.154. The van der Waals surface area contributed by atoms with Crippen LogP contribution < -0.4 is 10.6 Å². The first-order valence-corrected chi connectivity index (χ1v) is 12.3. The third-order valence-corrected chi connectivity index (χ3v) is 8.43. The van der Waals surface area contributed by atoms with E-state index >= 15 is 0 Å². The molecule has 8 heteroatoms. The first kappa shape index (κ1) is 21.9. The summed E-state index contributed by atoms with van der Waals surface area (Å²) in [5.74, 6) is 0.781. The maximum absolute atomic E-state index is 10.3. The van der Waals surface area contributed by atoms with Crippen LogP contribution in [0.1, 0.15) is 35.6 Å². The summed E-state index contributed by atoms with van der Waals surface area (Å²) in [6.07, 6.45) is 6.61. The molecule has 34 heavy (non-hydrogen) atoms. The summed E-state index contributed by atoms with van der Waals surface area (Å²) in [6, 6.07) is 14.1. The van der Waals surface area contributed by atoms with Crippen molar-refractivity contribution >= 4 is 34.7 Å². The molecule has 0 amide bonds. The van der Waals surface area contributed by atoms with Gasteiger partial charge in [0.15, 0.2) is 0 Å². The summed E-state index contributed by atoms with van der Waals surface area (Å²) in [4.78, 5) is 11.8. The van der Waals surface area contributed by atoms with E-state index in [1.54, 1.807) is 12.4 Å². The molecule has 1 fully saturated rings. The molecule has 1 atom stereocenters. The van der Waals surface area contributed by atoms with Gasteiger partial charge in [0, 0.05) is 30.9 Å². The number of nitrogens with two attached hydrogens (primary N) is 1. The van der Waals surface area contributed by atoms with Gasteiger partial charge in [0.25, 0.3) is 0 Å². The van der Waals surface area contributed by atoms with E-state index in [1.165, 1.54) is 11.1 Å². The van der Waals surface area contributed by atoms with Crippen molar-refractivity contribution in [2.24, 2.45) is 11.1 Å². The Morgan fingerprint density at radius 1 is 1.09 bits per heavy atom. The third-order valence-electron chi connectivity index (χ3n) is 7.61. The highest BCUT2D eigenvalue weighted by Gasteiger charge is 2.46. The van der Waals surface area contributed by atoms with E-state index in [0.717, 1.165) is 43.7 Å². The van der Waals surface area contributed by atoms with Crippen LogP contribution in [0, 0.1) is 5.41 Å². The van der Waals surface area contributed by atoms with E-state index in [-0.39, 0.29) is 18.1 Å². The Hall–Kier alpha value is -2.64. The second-order valence-corrected chi connectivity index (χ2v) is 10.2. The molecule has 3 heterocycles. The Morgan fingerprint density at radius 2 is 1.88 bits per heavy atom. The van der Waals surface area contributed by atoms with E-state index in [4.69, 9.17) is 38.9 Å². The van der Waals surface area contributed by atoms with Crippen molar-refractivity contribution in [2.75, 3.05) is 18.0 Å². The molecule has 2 aromatic heterocycles. The number of hydrogen-bond acceptors (Lipinski definition) is 5. The van der Waals surface area contributed by atoms with Crippen molar-refractivity contribution in [3.8, 4) is 11.3 Å². The summed E-state index contributed by atoms with van der Waals surface area (Å²) in [5, 5.41) is 11.2. The Balaban J connectivity index is 1.31. The lowest BCUT2D eigenvalue weighted by Gasteiger charge is -2.43. The van der Waals surface area contributed by atoms with Gasteiger partial charge in [0.2, 0.25) is 0 Å². The van der Waals surface area contributed by atoms with Crippen molar-refractivity contribution in [3.05, 3.63) is 81.7 Å². The van der Waals surface area contributed by atoms with Gasteiger partial charge in [-0.25, -0.2) is 9.97 Å². The molecule has 1 saturated heterocycles. The summed E-state index contributed by atoms with van der Waals surface area (Å²) in [6.45, 7) is 1.52. The summed E-state index contributed by atoms with van der Waals surface area (Å²) in [5.41, 5.74) is 12.3. The molecule has 4 aromatic rings. The lowest BCUT2D eigenvalue weighted by atomic mass is 9.73. The van der Waals surface area contributed by atoms with Crippen LogP contribution in [0.4, 0.5) is 5.82 Å². The van der Waals surface area contributed by atoms with Crippen molar-refractivity contribution in [1.82, 2.24) is 14.4 Å². The minimum absolute atomic E-state index is 0.0656. The minimum Gasteiger partial charge on any atom is -0.391 e. The highest BCUT2D eigenvalue weighted by Crippen LogP contribution is 2.51. The smallest absolute Gasteiger partial charge is 0.147 e. The second kappa shape index (κ2) is 8.24. The zero-order valence-corrected chi connectivity index (χ0v) is 20.1. The highest BCUT2D eigenvalue weighted by atomic mass is 35.5. The predicted molar refractivity (Wildman–Crippen MR) is 135 cm³/mol. The van der Waals surface area contributed by atoms with E-state index in [1.807, 2.05) is 22.7 Å². The maximum atomic E-state index is 10.3. The Labute approximate surface area is 208 Å². The van der Waals surface area contributed by atoms with Gasteiger partial charge in [-0.1, -0.05) is 59.6 Å². The van der Waals surface area contributed by atoms with Crippen molar-refractivity contribution < 1.29 is 5.11 Å². The van der Waals surface area contributed by atoms with Gasteiger partial charge in [-0.2, -0.15) is 0 Å². The first-order chi connectivity index (χ1) is 16.5. The number of rotatable bonds is 3. The Kier molecular flexibility index (Phi) is 5.30. The van der Waals surface area contributed by atoms with Gasteiger partial charge in [-0.15, -0.1) is 0 Å². The van der Waals surface area contributed by atoms with Gasteiger partial charge in [-0.3, -0.25) is 4.40 Å². The molecule has 0 unspecified atom stereocenters. The molecule has 6 rings (SSSR count). The van der Waals surface area contributed by atoms with Crippen LogP contribution in [0.3, 0.4) is 0 Å². The van der Waals surface area contributed by atoms with Crippen LogP contribution in [-0.4, -0.2) is 32.6 Å². The van der Waals surface area contributed by atoms with Crippen LogP contribution in [0.25, 0.3) is 16.9 Å². The summed E-state index contributed by atoms with van der Waals surface area (Å²) < 4.78 is 1.83. The van der Waals surface area contributed by atoms with E-state index in [9.17, 15) is 5.11 Å². The van der Waals surface area contributed by atoms with E-state index in [0.29, 0.717) is 26.9 Å². The topological polar surface area (TPSA) is 79.7 Å². The SMILES string of the molecule is N[C@@H]1c2ccccc2CC12CCN(c1ncn3cc(-c4cccc(Cl)c4Cl)nc3c1CO)CC2. The number of aliphatic hydroxyl groups excluding tert-OH is 1. The second-order valence-electron chi connectivity index (χ2n) is 9.37. The van der Waals surface area contributed by atoms with Crippen molar-refractivity contribution in [1.29, 1.82) is 0 Å². The molecule has 0 saturated carbocycles. The van der Waals surface area contributed by atoms with Crippen LogP contribution in [0.5, 0.6) is 0 Å². The molecule has 2 aromatic carbocycles. The lowest BCUT2D eigenvalue weighted by molar-refractivity contribution is 0.187. The molecule has 3 N–H and O–H groups in total. The van der Waals surface area contributed by atoms with Gasteiger partial charge < -0.3 is 15.7 Å². The number of hydrogen-bond donors (Lipinski definition) is 2. The summed E-state index contributed by atoms with van der Waals surface area (Å²) >= 11 is 12.6. The molecule has 1 spiro atoms. The van der Waals surface area contributed by atoms with Crippen LogP contribution >= 0.6 is 23.2 Å². The number of benzene rings is 2. The predicted octanol–water partition coefficient (Wildman–Crippen LogP) is 5.04. The van der Waals surface area contributed by atoms with Crippen LogP contribution in [0.15, 0.2) is 55.0 Å². The lowest BCUT2D eigenvalue weighted by Crippen LogP contribution is -2.45. The van der Waals surface area contributed by atoms with E-state index < -0.39 is 0 Å². The zero-order valence-electron chi connectivity index (χ0n) is 18.6. The fourth-order valence-electron chi connectivity index (χ4n) is 5.71. The normalized spacial score (nSPS) is 19.2. The molecule has 2 aliphatic rings. The number of nitrogens with zero attached hydrogens (tertiary/aromatic N) is 4. The fraction of sp³-hybridized carbons (Fsp3) is 0.308. The molecule has 6 nitrogen and oxygen atoms in total. The number of aromatic nitrogens is 3. The van der Waals surface area contributed by atoms with Gasteiger partial charge in [0.1, 0.15) is 17.8 Å². The van der Waals surface area contributed by atoms with Crippen molar-refractivity contribution in [2.45, 2.75) is 31.9 Å². The number of fused-ring (bicyclic) bond motifs is 2. The quantitative estimate of drug-likeness (QED) is 0.417. The average Bonchev–Trinajstić information content (AvgIpc) is 3.40. The van der Waals surface area contributed by atoms with Crippen LogP contribution in [-0.2, 0) is 13.0 Å². The van der Waals surface area contributed by atoms with Crippen LogP contribution in [0.2, 0.25) is 10.0 Å². The molecule has 0 bridgehead atoms. The molecular weight excluding hydrogens is 469 g/mol. The number of aliphatic hydroxyl groups is 1. The van der Waals surface area contributed by atoms with E-state index in [2.05, 4.69) is 29.2 Å². The van der Waals surface area contributed by atoms with Crippen molar-refractivity contribution in [3.63, 3.8) is 0 Å². The molecule has 174 valence electrons. The molecule has 1 aliphatic carbocycles. The first-order valence-electron chi connectivity index (χ1n) is 11.5. The molecular formula is C26H25Cl2N5O. The Morgan fingerprint density at radius 3 is 2.65 bits per heavy atom. The van der Waals surface area contributed by atoms with Gasteiger partial charge in [-0.05, 0) is 41.9 Å². The highest BCUT2D eigenvalue weighted by molar-refractivity contribution is 6.43. The number of imidazole rings is 1. The summed E-state index contributed by atoms with van der Waals surface area (Å²) in [7, 11) is 0. The monoisotopic (exact) mass is 493 g/mol. The Bertz CT molecular complexity index is 1390. The number of anilines is 1. The fourth-order valence-corrected chi connectivity index (χ4v) is 6.11. The zero-order chi connectivity index (χ0) is 23.4. The van der Waals surface area contributed by atoms with Gasteiger partial charge in [0.05, 0.1) is 27.9 Å². The maximum Gasteiger partial charge on any atom is 0.147 e. The standard InChI is InChI=1S/C26H25Cl2N5O/c27-20-7-3-6-18(22(20)28)21-13-33-15-30-24(19(14-34)25(33)31-21)32-10-8-26(9-11-32)12-16-4-1-2-5-17(16)23(26)29/h1-7,13,15,23,34H,8-12,14,29H2/t23-/m1/s1.